The van der Waals surface area contributed by atoms with Crippen LogP contribution >= 0.6 is 0 Å². The van der Waals surface area contributed by atoms with Crippen LogP contribution in [0, 0.1) is 35.4 Å². The number of halogens is 1. The van der Waals surface area contributed by atoms with Crippen molar-refractivity contribution in [1.82, 2.24) is 0 Å². The Morgan fingerprint density at radius 2 is 1.04 bits per heavy atom. The van der Waals surface area contributed by atoms with Crippen LogP contribution in [-0.4, -0.2) is 0 Å². The van der Waals surface area contributed by atoms with Gasteiger partial charge in [-0.1, -0.05) is 25.0 Å². The van der Waals surface area contributed by atoms with E-state index in [1.165, 1.54) is 63.4 Å². The van der Waals surface area contributed by atoms with Gasteiger partial charge in [0, 0.05) is 0 Å². The van der Waals surface area contributed by atoms with Gasteiger partial charge in [0.25, 0.3) is 0 Å². The van der Waals surface area contributed by atoms with E-state index in [0.717, 1.165) is 36.0 Å². The zero-order valence-electron chi connectivity index (χ0n) is 15.1. The minimum absolute atomic E-state index is 0.115. The van der Waals surface area contributed by atoms with Crippen molar-refractivity contribution in [1.29, 1.82) is 0 Å². The van der Waals surface area contributed by atoms with E-state index in [-0.39, 0.29) is 5.82 Å². The highest BCUT2D eigenvalue weighted by Gasteiger charge is 2.36. The molecule has 0 aliphatic heterocycles. The van der Waals surface area contributed by atoms with Crippen LogP contribution in [0.1, 0.15) is 76.2 Å². The van der Waals surface area contributed by atoms with E-state index in [9.17, 15) is 4.39 Å². The summed E-state index contributed by atoms with van der Waals surface area (Å²) in [4.78, 5) is 0. The van der Waals surface area contributed by atoms with Gasteiger partial charge in [-0.15, -0.1) is 0 Å². The monoisotopic (exact) mass is 328 g/mol. The van der Waals surface area contributed by atoms with Crippen molar-refractivity contribution < 1.29 is 4.39 Å². The van der Waals surface area contributed by atoms with Crippen LogP contribution in [0.2, 0.25) is 0 Å². The summed E-state index contributed by atoms with van der Waals surface area (Å²) in [7, 11) is 0. The summed E-state index contributed by atoms with van der Waals surface area (Å²) in [5.74, 6) is 5.12. The van der Waals surface area contributed by atoms with Gasteiger partial charge in [0.1, 0.15) is 5.82 Å². The van der Waals surface area contributed by atoms with E-state index in [4.69, 9.17) is 0 Å². The zero-order valence-corrected chi connectivity index (χ0v) is 15.1. The summed E-state index contributed by atoms with van der Waals surface area (Å²) < 4.78 is 13.0. The third-order valence-corrected chi connectivity index (χ3v) is 7.42. The van der Waals surface area contributed by atoms with Gasteiger partial charge in [-0.2, -0.15) is 0 Å². The highest BCUT2D eigenvalue weighted by molar-refractivity contribution is 5.16. The van der Waals surface area contributed by atoms with Crippen LogP contribution in [0.15, 0.2) is 24.3 Å². The van der Waals surface area contributed by atoms with Gasteiger partial charge < -0.3 is 0 Å². The molecule has 1 heteroatoms. The Morgan fingerprint density at radius 3 is 1.50 bits per heavy atom. The van der Waals surface area contributed by atoms with Crippen molar-refractivity contribution in [2.24, 2.45) is 29.6 Å². The molecular weight excluding hydrogens is 295 g/mol. The first kappa shape index (κ1) is 16.6. The van der Waals surface area contributed by atoms with E-state index >= 15 is 0 Å². The average molecular weight is 329 g/mol. The fourth-order valence-electron chi connectivity index (χ4n) is 5.63. The molecule has 0 nitrogen and oxygen atoms in total. The van der Waals surface area contributed by atoms with Crippen molar-refractivity contribution in [2.75, 3.05) is 0 Å². The second-order valence-electron chi connectivity index (χ2n) is 8.96. The molecule has 132 valence electrons. The van der Waals surface area contributed by atoms with Gasteiger partial charge in [-0.3, -0.25) is 0 Å². The zero-order chi connectivity index (χ0) is 16.4. The lowest BCUT2D eigenvalue weighted by molar-refractivity contribution is 0.138. The highest BCUT2D eigenvalue weighted by atomic mass is 19.1. The molecule has 0 radical (unpaired) electrons. The van der Waals surface area contributed by atoms with Crippen LogP contribution in [0.4, 0.5) is 4.39 Å². The normalized spacial score (nSPS) is 34.2. The molecule has 0 bridgehead atoms. The van der Waals surface area contributed by atoms with E-state index < -0.39 is 0 Å². The Balaban J connectivity index is 1.17. The summed E-state index contributed by atoms with van der Waals surface area (Å²) in [6, 6.07) is 7.12. The molecule has 1 aromatic carbocycles. The van der Waals surface area contributed by atoms with Crippen molar-refractivity contribution in [3.8, 4) is 0 Å². The van der Waals surface area contributed by atoms with Gasteiger partial charge in [0.15, 0.2) is 0 Å². The second-order valence-corrected chi connectivity index (χ2v) is 8.96. The van der Waals surface area contributed by atoms with Gasteiger partial charge in [0.05, 0.1) is 0 Å². The van der Waals surface area contributed by atoms with Gasteiger partial charge >= 0.3 is 0 Å². The molecule has 4 rings (SSSR count). The van der Waals surface area contributed by atoms with Crippen LogP contribution in [-0.2, 0) is 6.42 Å². The molecule has 0 N–H and O–H groups in total. The largest absolute Gasteiger partial charge is 0.207 e. The average Bonchev–Trinajstić information content (AvgIpc) is 3.47. The van der Waals surface area contributed by atoms with Crippen molar-refractivity contribution in [3.05, 3.63) is 35.6 Å². The molecule has 0 atom stereocenters. The topological polar surface area (TPSA) is 0 Å². The lowest BCUT2D eigenvalue weighted by atomic mass is 9.68. The molecular formula is C23H33F. The summed E-state index contributed by atoms with van der Waals surface area (Å²) in [6.45, 7) is 0. The molecule has 0 unspecified atom stereocenters. The van der Waals surface area contributed by atoms with E-state index in [2.05, 4.69) is 0 Å². The first-order valence-electron chi connectivity index (χ1n) is 10.5. The molecule has 0 saturated heterocycles. The standard InChI is InChI=1S/C23H33F/c24-23-15-5-18(6-16-23)2-1-17-3-7-19(8-4-17)20-9-11-21(12-10-20)22-13-14-22/h5-6,15-17,19-22H,1-4,7-14H2. The number of benzene rings is 1. The van der Waals surface area contributed by atoms with E-state index in [0.29, 0.717) is 0 Å². The third-order valence-electron chi connectivity index (χ3n) is 7.42. The second kappa shape index (κ2) is 7.58. The van der Waals surface area contributed by atoms with Crippen molar-refractivity contribution in [3.63, 3.8) is 0 Å². The minimum Gasteiger partial charge on any atom is -0.207 e. The van der Waals surface area contributed by atoms with Gasteiger partial charge in [-0.25, -0.2) is 4.39 Å². The first-order valence-corrected chi connectivity index (χ1v) is 10.5. The predicted octanol–water partition coefficient (Wildman–Crippen LogP) is 6.78. The lowest BCUT2D eigenvalue weighted by Crippen LogP contribution is -2.26. The molecule has 1 aromatic rings. The van der Waals surface area contributed by atoms with E-state index in [1.54, 1.807) is 25.0 Å². The molecule has 24 heavy (non-hydrogen) atoms. The maximum Gasteiger partial charge on any atom is 0.123 e. The Bertz CT molecular complexity index is 499. The fourth-order valence-corrected chi connectivity index (χ4v) is 5.63. The molecule has 3 aliphatic carbocycles. The Kier molecular flexibility index (Phi) is 5.25. The van der Waals surface area contributed by atoms with Gasteiger partial charge in [0.2, 0.25) is 0 Å². The molecule has 0 heterocycles. The SMILES string of the molecule is Fc1ccc(CCC2CCC(C3CCC(C4CC4)CC3)CC2)cc1. The Hall–Kier alpha value is -0.850. The molecule has 0 amide bonds. The minimum atomic E-state index is -0.115. The molecule has 3 saturated carbocycles. The predicted molar refractivity (Wildman–Crippen MR) is 98.3 cm³/mol. The summed E-state index contributed by atoms with van der Waals surface area (Å²) in [5.41, 5.74) is 1.30. The smallest absolute Gasteiger partial charge is 0.123 e. The third kappa shape index (κ3) is 4.21. The number of aryl methyl sites for hydroxylation is 1. The maximum absolute atomic E-state index is 13.0. The number of hydrogen-bond donors (Lipinski definition) is 0. The van der Waals surface area contributed by atoms with Crippen molar-refractivity contribution >= 4 is 0 Å². The summed E-state index contributed by atoms with van der Waals surface area (Å²) in [5, 5.41) is 0. The quantitative estimate of drug-likeness (QED) is 0.559. The molecule has 0 spiro atoms. The van der Waals surface area contributed by atoms with Crippen LogP contribution < -0.4 is 0 Å². The molecule has 3 fully saturated rings. The van der Waals surface area contributed by atoms with Crippen LogP contribution in [0.5, 0.6) is 0 Å². The maximum atomic E-state index is 13.0. The number of hydrogen-bond acceptors (Lipinski definition) is 0. The lowest BCUT2D eigenvalue weighted by Gasteiger charge is -2.38. The van der Waals surface area contributed by atoms with E-state index in [1.807, 2.05) is 12.1 Å². The molecule has 3 aliphatic rings. The highest BCUT2D eigenvalue weighted by Crippen LogP contribution is 2.48. The Labute approximate surface area is 147 Å². The van der Waals surface area contributed by atoms with Crippen LogP contribution in [0.25, 0.3) is 0 Å². The summed E-state index contributed by atoms with van der Waals surface area (Å²) in [6.07, 6.45) is 17.5. The van der Waals surface area contributed by atoms with Crippen molar-refractivity contribution in [2.45, 2.75) is 77.0 Å². The molecule has 0 aromatic heterocycles. The fraction of sp³-hybridized carbons (Fsp3) is 0.739. The Morgan fingerprint density at radius 1 is 0.625 bits per heavy atom. The number of rotatable bonds is 5. The van der Waals surface area contributed by atoms with Gasteiger partial charge in [-0.05, 0) is 111 Å². The first-order chi connectivity index (χ1) is 11.8. The summed E-state index contributed by atoms with van der Waals surface area (Å²) >= 11 is 0. The van der Waals surface area contributed by atoms with Crippen LogP contribution in [0.3, 0.4) is 0 Å².